The summed E-state index contributed by atoms with van der Waals surface area (Å²) in [6.07, 6.45) is 1.62. The number of benzene rings is 1. The van der Waals surface area contributed by atoms with E-state index in [4.69, 9.17) is 10.2 Å². The van der Waals surface area contributed by atoms with Crippen molar-refractivity contribution in [2.75, 3.05) is 5.73 Å². The number of hydrogen-bond donors (Lipinski definition) is 1. The molecule has 19 heavy (non-hydrogen) atoms. The zero-order valence-electron chi connectivity index (χ0n) is 12.9. The quantitative estimate of drug-likeness (QED) is 0.656. The van der Waals surface area contributed by atoms with Crippen LogP contribution in [0.4, 0.5) is 5.69 Å². The fourth-order valence-corrected chi connectivity index (χ4v) is 9.42. The Morgan fingerprint density at radius 2 is 1.74 bits per heavy atom. The highest BCUT2D eigenvalue weighted by Crippen LogP contribution is 2.38. The van der Waals surface area contributed by atoms with Crippen LogP contribution in [0.25, 0.3) is 0 Å². The highest BCUT2D eigenvalue weighted by atomic mass is 29.3. The second-order valence-electron chi connectivity index (χ2n) is 7.04. The predicted octanol–water partition coefficient (Wildman–Crippen LogP) is 4.15. The molecule has 1 aliphatic heterocycles. The lowest BCUT2D eigenvalue weighted by molar-refractivity contribution is 0.160. The van der Waals surface area contributed by atoms with E-state index in [1.165, 1.54) is 18.0 Å². The van der Waals surface area contributed by atoms with Crippen LogP contribution in [0.3, 0.4) is 0 Å². The Balaban J connectivity index is 2.13. The number of anilines is 1. The molecule has 1 heterocycles. The second-order valence-corrected chi connectivity index (χ2v) is 22.2. The summed E-state index contributed by atoms with van der Waals surface area (Å²) in [6.45, 7) is 12.1. The van der Waals surface area contributed by atoms with Gasteiger partial charge in [0.25, 0.3) is 0 Å². The Hall–Kier alpha value is -0.586. The fraction of sp³-hybridized carbons (Fsp3) is 0.600. The average molecular weight is 294 g/mol. The monoisotopic (exact) mass is 293 g/mol. The first kappa shape index (κ1) is 14.8. The predicted molar refractivity (Wildman–Crippen MR) is 88.5 cm³/mol. The minimum atomic E-state index is -1.47. The molecule has 2 atom stereocenters. The van der Waals surface area contributed by atoms with Gasteiger partial charge in [0.05, 0.1) is 13.7 Å². The van der Waals surface area contributed by atoms with Crippen molar-refractivity contribution in [1.82, 2.24) is 0 Å². The van der Waals surface area contributed by atoms with E-state index in [-0.39, 0.29) is 0 Å². The van der Waals surface area contributed by atoms with Gasteiger partial charge in [0, 0.05) is 11.6 Å². The van der Waals surface area contributed by atoms with Gasteiger partial charge >= 0.3 is 0 Å². The third-order valence-corrected chi connectivity index (χ3v) is 21.7. The second kappa shape index (κ2) is 5.07. The molecular weight excluding hydrogens is 266 g/mol. The van der Waals surface area contributed by atoms with Crippen LogP contribution in [-0.2, 0) is 4.43 Å². The van der Waals surface area contributed by atoms with E-state index < -0.39 is 15.4 Å². The zero-order valence-corrected chi connectivity index (χ0v) is 14.9. The van der Waals surface area contributed by atoms with Gasteiger partial charge in [0.2, 0.25) is 0 Å². The molecule has 106 valence electrons. The lowest BCUT2D eigenvalue weighted by Gasteiger charge is -2.47. The van der Waals surface area contributed by atoms with Gasteiger partial charge in [-0.1, -0.05) is 38.2 Å². The van der Waals surface area contributed by atoms with Crippen molar-refractivity contribution >= 4 is 21.1 Å². The van der Waals surface area contributed by atoms with Gasteiger partial charge in [-0.05, 0) is 37.2 Å². The van der Waals surface area contributed by atoms with Gasteiger partial charge in [0.1, 0.15) is 0 Å². The average Bonchev–Trinajstić information content (AvgIpc) is 2.33. The van der Waals surface area contributed by atoms with E-state index in [0.29, 0.717) is 12.0 Å². The smallest absolute Gasteiger partial charge is 0.174 e. The normalized spacial score (nSPS) is 26.9. The molecule has 4 heteroatoms. The van der Waals surface area contributed by atoms with Crippen LogP contribution in [0.5, 0.6) is 0 Å². The van der Waals surface area contributed by atoms with E-state index in [2.05, 4.69) is 45.2 Å². The first-order chi connectivity index (χ1) is 8.73. The van der Waals surface area contributed by atoms with Gasteiger partial charge in [-0.2, -0.15) is 0 Å². The van der Waals surface area contributed by atoms with E-state index >= 15 is 0 Å². The highest BCUT2D eigenvalue weighted by Gasteiger charge is 2.48. The van der Waals surface area contributed by atoms with E-state index in [9.17, 15) is 0 Å². The molecule has 1 aromatic carbocycles. The molecule has 2 rings (SSSR count). The van der Waals surface area contributed by atoms with Crippen molar-refractivity contribution in [2.24, 2.45) is 0 Å². The van der Waals surface area contributed by atoms with Gasteiger partial charge in [0.15, 0.2) is 7.83 Å². The Labute approximate surface area is 119 Å². The molecule has 2 nitrogen and oxygen atoms in total. The van der Waals surface area contributed by atoms with E-state index in [0.717, 1.165) is 5.69 Å². The molecule has 0 saturated carbocycles. The van der Waals surface area contributed by atoms with Crippen LogP contribution < -0.4 is 5.73 Å². The number of rotatable bonds is 2. The van der Waals surface area contributed by atoms with Crippen molar-refractivity contribution in [3.05, 3.63) is 29.8 Å². The molecule has 1 fully saturated rings. The number of hydrogen-bond acceptors (Lipinski definition) is 2. The molecule has 0 bridgehead atoms. The zero-order chi connectivity index (χ0) is 14.3. The van der Waals surface area contributed by atoms with Crippen LogP contribution in [0, 0.1) is 0 Å². The van der Waals surface area contributed by atoms with E-state index in [1.807, 2.05) is 12.1 Å². The van der Waals surface area contributed by atoms with Crippen molar-refractivity contribution in [2.45, 2.75) is 57.6 Å². The minimum Gasteiger partial charge on any atom is -0.417 e. The highest BCUT2D eigenvalue weighted by molar-refractivity contribution is 7.38. The minimum absolute atomic E-state index is 0.394. The first-order valence-corrected chi connectivity index (χ1v) is 14.4. The Morgan fingerprint density at radius 1 is 1.16 bits per heavy atom. The van der Waals surface area contributed by atoms with Crippen molar-refractivity contribution in [1.29, 1.82) is 0 Å². The maximum Gasteiger partial charge on any atom is 0.174 e. The van der Waals surface area contributed by atoms with Crippen LogP contribution in [0.15, 0.2) is 24.3 Å². The summed E-state index contributed by atoms with van der Waals surface area (Å²) >= 11 is 0. The number of nitrogens with two attached hydrogens (primary N) is 1. The summed E-state index contributed by atoms with van der Waals surface area (Å²) in [7, 11) is -2.59. The Bertz CT molecular complexity index is 442. The summed E-state index contributed by atoms with van der Waals surface area (Å²) in [5.74, 6) is 0.470. The molecule has 0 amide bonds. The summed E-state index contributed by atoms with van der Waals surface area (Å²) in [6, 6.07) is 9.70. The molecule has 1 aromatic rings. The molecular formula is C15H27NOSi2. The lowest BCUT2D eigenvalue weighted by Crippen LogP contribution is -2.62. The van der Waals surface area contributed by atoms with Crippen LogP contribution in [-0.4, -0.2) is 21.5 Å². The Kier molecular flexibility index (Phi) is 3.95. The largest absolute Gasteiger partial charge is 0.417 e. The van der Waals surface area contributed by atoms with Crippen LogP contribution >= 0.6 is 0 Å². The molecule has 0 radical (unpaired) electrons. The first-order valence-electron chi connectivity index (χ1n) is 7.26. The van der Waals surface area contributed by atoms with Crippen LogP contribution in [0.1, 0.15) is 24.8 Å². The SMILES string of the molecule is CC(c1ccc(N)cc1)C1CC[Si](C)(C)[Si](C)(C)O1. The summed E-state index contributed by atoms with van der Waals surface area (Å²) in [4.78, 5) is 0. The maximum absolute atomic E-state index is 6.60. The van der Waals surface area contributed by atoms with Gasteiger partial charge < -0.3 is 10.2 Å². The molecule has 0 spiro atoms. The van der Waals surface area contributed by atoms with Crippen molar-refractivity contribution < 1.29 is 4.43 Å². The molecule has 1 saturated heterocycles. The summed E-state index contributed by atoms with van der Waals surface area (Å²) in [5.41, 5.74) is 7.95. The number of nitrogen functional groups attached to an aromatic ring is 1. The van der Waals surface area contributed by atoms with Crippen LogP contribution in [0.2, 0.25) is 32.2 Å². The molecule has 0 aromatic heterocycles. The van der Waals surface area contributed by atoms with Crippen molar-refractivity contribution in [3.8, 4) is 0 Å². The maximum atomic E-state index is 6.60. The Morgan fingerprint density at radius 3 is 2.26 bits per heavy atom. The van der Waals surface area contributed by atoms with Gasteiger partial charge in [-0.15, -0.1) is 0 Å². The van der Waals surface area contributed by atoms with E-state index in [1.54, 1.807) is 0 Å². The molecule has 1 aliphatic rings. The van der Waals surface area contributed by atoms with Gasteiger partial charge in [-0.25, -0.2) is 0 Å². The van der Waals surface area contributed by atoms with Crippen molar-refractivity contribution in [3.63, 3.8) is 0 Å². The lowest BCUT2D eigenvalue weighted by atomic mass is 9.94. The van der Waals surface area contributed by atoms with Gasteiger partial charge in [-0.3, -0.25) is 0 Å². The third-order valence-electron chi connectivity index (χ3n) is 5.15. The third kappa shape index (κ3) is 2.96. The summed E-state index contributed by atoms with van der Waals surface area (Å²) in [5, 5.41) is 0. The molecule has 0 aliphatic carbocycles. The standard InChI is InChI=1S/C15H27NOSi2/c1-12(13-6-8-14(16)9-7-13)15-10-11-18(2,3)19(4,5)17-15/h6-9,12,15H,10-11,16H2,1-5H3. The molecule has 2 unspecified atom stereocenters. The topological polar surface area (TPSA) is 35.2 Å². The summed E-state index contributed by atoms with van der Waals surface area (Å²) < 4.78 is 6.60. The fourth-order valence-electron chi connectivity index (χ4n) is 2.77. The molecule has 2 N–H and O–H groups in total.